The normalized spacial score (nSPS) is 11.0. The second kappa shape index (κ2) is 5.29. The van der Waals surface area contributed by atoms with Crippen molar-refractivity contribution in [3.05, 3.63) is 62.6 Å². The van der Waals surface area contributed by atoms with Gasteiger partial charge in [-0.2, -0.15) is 0 Å². The average molecular weight is 342 g/mol. The van der Waals surface area contributed by atoms with Gasteiger partial charge in [-0.1, -0.05) is 11.6 Å². The number of fused-ring (bicyclic) bond motifs is 1. The maximum atomic E-state index is 13.8. The molecule has 0 saturated heterocycles. The molecule has 106 valence electrons. The number of hydrogen-bond acceptors (Lipinski definition) is 3. The van der Waals surface area contributed by atoms with Crippen LogP contribution >= 0.6 is 35.2 Å². The first kappa shape index (κ1) is 14.3. The standard InChI is InChI=1S/C14H6ClF2NOS2/c15-7-1-4-12-11(5-7)18(14(20)21-12)13(19)9-3-2-8(16)6-10(9)17/h1-6H. The number of halogens is 3. The summed E-state index contributed by atoms with van der Waals surface area (Å²) in [5.41, 5.74) is 0.262. The van der Waals surface area contributed by atoms with E-state index in [2.05, 4.69) is 0 Å². The Morgan fingerprint density at radius 2 is 1.95 bits per heavy atom. The van der Waals surface area contributed by atoms with Crippen molar-refractivity contribution < 1.29 is 13.6 Å². The molecule has 0 bridgehead atoms. The van der Waals surface area contributed by atoms with Crippen LogP contribution in [0.1, 0.15) is 10.4 Å². The third-order valence-electron chi connectivity index (χ3n) is 2.91. The Morgan fingerprint density at radius 3 is 2.67 bits per heavy atom. The number of aromatic nitrogens is 1. The fourth-order valence-electron chi connectivity index (χ4n) is 1.97. The molecule has 3 aromatic rings. The Bertz CT molecular complexity index is 932. The van der Waals surface area contributed by atoms with Crippen molar-refractivity contribution in [1.29, 1.82) is 0 Å². The zero-order valence-electron chi connectivity index (χ0n) is 10.3. The number of benzene rings is 2. The van der Waals surface area contributed by atoms with Gasteiger partial charge in [0.25, 0.3) is 5.91 Å². The summed E-state index contributed by atoms with van der Waals surface area (Å²) in [5.74, 6) is -2.32. The second-order valence-electron chi connectivity index (χ2n) is 4.24. The lowest BCUT2D eigenvalue weighted by atomic mass is 10.2. The summed E-state index contributed by atoms with van der Waals surface area (Å²) in [6.07, 6.45) is 0. The highest BCUT2D eigenvalue weighted by Crippen LogP contribution is 2.27. The van der Waals surface area contributed by atoms with Gasteiger partial charge in [0.1, 0.15) is 11.6 Å². The number of thiazole rings is 1. The molecular formula is C14H6ClF2NOS2. The van der Waals surface area contributed by atoms with Crippen LogP contribution in [0.15, 0.2) is 36.4 Å². The minimum atomic E-state index is -0.928. The highest BCUT2D eigenvalue weighted by molar-refractivity contribution is 7.73. The van der Waals surface area contributed by atoms with E-state index in [1.165, 1.54) is 15.9 Å². The molecule has 3 rings (SSSR count). The van der Waals surface area contributed by atoms with Gasteiger partial charge in [-0.15, -0.1) is 11.3 Å². The predicted octanol–water partition coefficient (Wildman–Crippen LogP) is 5.05. The van der Waals surface area contributed by atoms with E-state index in [9.17, 15) is 13.6 Å². The van der Waals surface area contributed by atoms with Crippen molar-refractivity contribution in [1.82, 2.24) is 4.57 Å². The molecule has 0 radical (unpaired) electrons. The molecule has 21 heavy (non-hydrogen) atoms. The largest absolute Gasteiger partial charge is 0.268 e. The van der Waals surface area contributed by atoms with Crippen molar-refractivity contribution in [2.75, 3.05) is 0 Å². The molecule has 0 atom stereocenters. The Kier molecular flexibility index (Phi) is 3.61. The highest BCUT2D eigenvalue weighted by atomic mass is 35.5. The summed E-state index contributed by atoms with van der Waals surface area (Å²) >= 11 is 12.3. The lowest BCUT2D eigenvalue weighted by Gasteiger charge is -2.05. The van der Waals surface area contributed by atoms with Crippen LogP contribution in [0.5, 0.6) is 0 Å². The van der Waals surface area contributed by atoms with Crippen molar-refractivity contribution in [3.63, 3.8) is 0 Å². The number of carbonyl (C=O) groups excluding carboxylic acids is 1. The third-order valence-corrected chi connectivity index (χ3v) is 4.50. The lowest BCUT2D eigenvalue weighted by Crippen LogP contribution is -2.13. The van der Waals surface area contributed by atoms with E-state index in [4.69, 9.17) is 23.8 Å². The van der Waals surface area contributed by atoms with E-state index in [1.54, 1.807) is 18.2 Å². The highest BCUT2D eigenvalue weighted by Gasteiger charge is 2.18. The van der Waals surface area contributed by atoms with Gasteiger partial charge in [0.05, 0.1) is 15.8 Å². The maximum Gasteiger partial charge on any atom is 0.267 e. The number of carbonyl (C=O) groups is 1. The topological polar surface area (TPSA) is 22.0 Å². The van der Waals surface area contributed by atoms with Gasteiger partial charge in [0.2, 0.25) is 0 Å². The van der Waals surface area contributed by atoms with E-state index in [1.807, 2.05) is 0 Å². The summed E-state index contributed by atoms with van der Waals surface area (Å²) in [4.78, 5) is 12.5. The molecule has 1 aromatic heterocycles. The zero-order valence-corrected chi connectivity index (χ0v) is 12.7. The van der Waals surface area contributed by atoms with E-state index >= 15 is 0 Å². The molecule has 0 fully saturated rings. The van der Waals surface area contributed by atoms with Gasteiger partial charge < -0.3 is 0 Å². The van der Waals surface area contributed by atoms with Gasteiger partial charge in [0, 0.05) is 11.1 Å². The van der Waals surface area contributed by atoms with E-state index in [0.717, 1.165) is 16.8 Å². The van der Waals surface area contributed by atoms with Crippen LogP contribution in [-0.2, 0) is 0 Å². The van der Waals surface area contributed by atoms with E-state index in [0.29, 0.717) is 16.6 Å². The SMILES string of the molecule is O=C(c1ccc(F)cc1F)n1c(=S)sc2ccc(Cl)cc21. The van der Waals surface area contributed by atoms with Gasteiger partial charge in [-0.25, -0.2) is 8.78 Å². The Balaban J connectivity index is 2.24. The van der Waals surface area contributed by atoms with Gasteiger partial charge in [-0.3, -0.25) is 9.36 Å². The predicted molar refractivity (Wildman–Crippen MR) is 81.7 cm³/mol. The van der Waals surface area contributed by atoms with Gasteiger partial charge >= 0.3 is 0 Å². The quantitative estimate of drug-likeness (QED) is 0.578. The molecular weight excluding hydrogens is 336 g/mol. The van der Waals surface area contributed by atoms with Crippen molar-refractivity contribution in [2.24, 2.45) is 0 Å². The van der Waals surface area contributed by atoms with Crippen LogP contribution in [0.25, 0.3) is 10.2 Å². The first-order chi connectivity index (χ1) is 9.97. The van der Waals surface area contributed by atoms with E-state index < -0.39 is 17.5 Å². The molecule has 0 saturated carbocycles. The van der Waals surface area contributed by atoms with Crippen LogP contribution in [-0.4, -0.2) is 10.5 Å². The fraction of sp³-hybridized carbons (Fsp3) is 0. The Hall–Kier alpha value is -1.63. The number of hydrogen-bond donors (Lipinski definition) is 0. The maximum absolute atomic E-state index is 13.8. The van der Waals surface area contributed by atoms with Gasteiger partial charge in [-0.05, 0) is 42.5 Å². The zero-order chi connectivity index (χ0) is 15.1. The molecule has 0 aliphatic rings. The first-order valence-electron chi connectivity index (χ1n) is 5.78. The molecule has 0 spiro atoms. The van der Waals surface area contributed by atoms with Crippen LogP contribution < -0.4 is 0 Å². The third kappa shape index (κ3) is 2.50. The summed E-state index contributed by atoms with van der Waals surface area (Å²) in [5, 5.41) is 0.441. The molecule has 2 aromatic carbocycles. The molecule has 2 nitrogen and oxygen atoms in total. The van der Waals surface area contributed by atoms with E-state index in [-0.39, 0.29) is 9.52 Å². The molecule has 1 heterocycles. The monoisotopic (exact) mass is 341 g/mol. The molecule has 0 unspecified atom stereocenters. The molecule has 0 aliphatic carbocycles. The van der Waals surface area contributed by atoms with Crippen LogP contribution in [0.2, 0.25) is 5.02 Å². The second-order valence-corrected chi connectivity index (χ2v) is 6.36. The van der Waals surface area contributed by atoms with Crippen LogP contribution in [0, 0.1) is 15.6 Å². The van der Waals surface area contributed by atoms with Crippen molar-refractivity contribution in [3.8, 4) is 0 Å². The fourth-order valence-corrected chi connectivity index (χ4v) is 3.43. The summed E-state index contributed by atoms with van der Waals surface area (Å²) in [7, 11) is 0. The minimum absolute atomic E-state index is 0.243. The summed E-state index contributed by atoms with van der Waals surface area (Å²) in [6.45, 7) is 0. The van der Waals surface area contributed by atoms with Gasteiger partial charge in [0.15, 0.2) is 3.95 Å². The number of nitrogens with zero attached hydrogens (tertiary/aromatic N) is 1. The molecule has 7 heteroatoms. The van der Waals surface area contributed by atoms with Crippen molar-refractivity contribution in [2.45, 2.75) is 0 Å². The molecule has 0 amide bonds. The van der Waals surface area contributed by atoms with Crippen LogP contribution in [0.3, 0.4) is 0 Å². The first-order valence-corrected chi connectivity index (χ1v) is 7.38. The summed E-state index contributed by atoms with van der Waals surface area (Å²) < 4.78 is 29.0. The molecule has 0 aliphatic heterocycles. The molecule has 0 N–H and O–H groups in total. The Morgan fingerprint density at radius 1 is 1.19 bits per heavy atom. The number of rotatable bonds is 1. The summed E-state index contributed by atoms with van der Waals surface area (Å²) in [6, 6.07) is 7.80. The average Bonchev–Trinajstić information content (AvgIpc) is 2.73. The lowest BCUT2D eigenvalue weighted by molar-refractivity contribution is 0.0960. The smallest absolute Gasteiger partial charge is 0.267 e. The minimum Gasteiger partial charge on any atom is -0.268 e. The van der Waals surface area contributed by atoms with Crippen LogP contribution in [0.4, 0.5) is 8.78 Å². The Labute approximate surface area is 132 Å². The van der Waals surface area contributed by atoms with Crippen molar-refractivity contribution >= 4 is 51.3 Å².